The molecule has 0 amide bonds. The fraction of sp³-hybridized carbons (Fsp3) is 0.438. The van der Waals surface area contributed by atoms with Crippen LogP contribution in [0.25, 0.3) is 12.7 Å². The molecule has 0 fully saturated rings. The summed E-state index contributed by atoms with van der Waals surface area (Å²) in [6.45, 7) is 17.9. The standard InChI is InChI=1S/C10H11N.3C2H6/c1-3-4-5-10-8-11-7-6-9(10)2;3*1-2/h3-8H,2H2,1H3;3*1-2H3/b4-3-,10-5-;;;. The Morgan fingerprint density at radius 1 is 1.06 bits per heavy atom. The first kappa shape index (κ1) is 21.0. The van der Waals surface area contributed by atoms with Crippen LogP contribution in [-0.2, 0) is 0 Å². The zero-order valence-corrected chi connectivity index (χ0v) is 12.6. The van der Waals surface area contributed by atoms with Gasteiger partial charge in [0.05, 0.1) is 0 Å². The third kappa shape index (κ3) is 12.6. The molecule has 0 aliphatic heterocycles. The molecule has 1 nitrogen and oxygen atoms in total. The van der Waals surface area contributed by atoms with E-state index in [1.54, 1.807) is 6.20 Å². The zero-order chi connectivity index (χ0) is 14.1. The molecule has 0 aliphatic rings. The monoisotopic (exact) mass is 235 g/mol. The average molecular weight is 235 g/mol. The highest BCUT2D eigenvalue weighted by atomic mass is 14.6. The van der Waals surface area contributed by atoms with E-state index in [0.717, 1.165) is 10.4 Å². The number of aromatic nitrogens is 1. The van der Waals surface area contributed by atoms with Gasteiger partial charge in [0.2, 0.25) is 0 Å². The minimum atomic E-state index is 1.01. The molecule has 98 valence electrons. The molecule has 0 aliphatic carbocycles. The molecule has 0 saturated heterocycles. The molecular formula is C16H29N. The topological polar surface area (TPSA) is 12.9 Å². The van der Waals surface area contributed by atoms with Gasteiger partial charge in [-0.05, 0) is 23.4 Å². The lowest BCUT2D eigenvalue weighted by atomic mass is 10.3. The molecular weight excluding hydrogens is 206 g/mol. The Bertz CT molecular complexity index is 350. The van der Waals surface area contributed by atoms with Gasteiger partial charge in [-0.25, -0.2) is 0 Å². The van der Waals surface area contributed by atoms with Crippen LogP contribution in [0, 0.1) is 0 Å². The smallest absolute Gasteiger partial charge is 0.0346 e. The summed E-state index contributed by atoms with van der Waals surface area (Å²) in [6.07, 6.45) is 9.51. The van der Waals surface area contributed by atoms with E-state index in [9.17, 15) is 0 Å². The fourth-order valence-electron chi connectivity index (χ4n) is 0.785. The molecule has 1 heterocycles. The number of nitrogens with zero attached hydrogens (tertiary/aromatic N) is 1. The third-order valence-corrected chi connectivity index (χ3v) is 1.41. The van der Waals surface area contributed by atoms with Crippen molar-refractivity contribution in [3.8, 4) is 0 Å². The lowest BCUT2D eigenvalue weighted by molar-refractivity contribution is 1.28. The number of rotatable bonds is 1. The summed E-state index contributed by atoms with van der Waals surface area (Å²) in [4.78, 5) is 3.99. The van der Waals surface area contributed by atoms with Gasteiger partial charge in [0.15, 0.2) is 0 Å². The molecule has 0 radical (unpaired) electrons. The SMILES string of the molecule is C=c1ccnc/c1=C/C=C\C.CC.CC.CC. The zero-order valence-electron chi connectivity index (χ0n) is 12.6. The third-order valence-electron chi connectivity index (χ3n) is 1.41. The van der Waals surface area contributed by atoms with E-state index in [0.29, 0.717) is 0 Å². The minimum absolute atomic E-state index is 1.01. The molecule has 0 unspecified atom stereocenters. The summed E-state index contributed by atoms with van der Waals surface area (Å²) in [5, 5.41) is 2.09. The summed E-state index contributed by atoms with van der Waals surface area (Å²) < 4.78 is 0. The quantitative estimate of drug-likeness (QED) is 0.719. The lowest BCUT2D eigenvalue weighted by Gasteiger charge is -1.83. The van der Waals surface area contributed by atoms with Crippen molar-refractivity contribution < 1.29 is 0 Å². The Hall–Kier alpha value is -1.37. The Morgan fingerprint density at radius 3 is 2.00 bits per heavy atom. The van der Waals surface area contributed by atoms with E-state index >= 15 is 0 Å². The van der Waals surface area contributed by atoms with E-state index in [4.69, 9.17) is 0 Å². The molecule has 1 aromatic heterocycles. The lowest BCUT2D eigenvalue weighted by Crippen LogP contribution is -2.22. The van der Waals surface area contributed by atoms with Crippen molar-refractivity contribution in [2.24, 2.45) is 0 Å². The summed E-state index contributed by atoms with van der Waals surface area (Å²) in [5.41, 5.74) is 0. The van der Waals surface area contributed by atoms with E-state index < -0.39 is 0 Å². The number of allylic oxidation sites excluding steroid dienone is 2. The van der Waals surface area contributed by atoms with Crippen LogP contribution in [0.3, 0.4) is 0 Å². The number of pyridine rings is 1. The van der Waals surface area contributed by atoms with Crippen LogP contribution in [0.2, 0.25) is 0 Å². The van der Waals surface area contributed by atoms with Gasteiger partial charge < -0.3 is 0 Å². The van der Waals surface area contributed by atoms with Crippen molar-refractivity contribution in [3.63, 3.8) is 0 Å². The van der Waals surface area contributed by atoms with Gasteiger partial charge in [-0.15, -0.1) is 0 Å². The summed E-state index contributed by atoms with van der Waals surface area (Å²) in [5.74, 6) is 0. The second kappa shape index (κ2) is 20.1. The van der Waals surface area contributed by atoms with E-state index in [2.05, 4.69) is 11.6 Å². The highest BCUT2D eigenvalue weighted by Crippen LogP contribution is 1.70. The van der Waals surface area contributed by atoms with Gasteiger partial charge in [0.25, 0.3) is 0 Å². The Kier molecular flexibility index (Phi) is 24.8. The van der Waals surface area contributed by atoms with Crippen LogP contribution in [0.5, 0.6) is 0 Å². The molecule has 17 heavy (non-hydrogen) atoms. The van der Waals surface area contributed by atoms with E-state index in [1.165, 1.54) is 0 Å². The van der Waals surface area contributed by atoms with E-state index in [-0.39, 0.29) is 0 Å². The van der Waals surface area contributed by atoms with Crippen molar-refractivity contribution in [3.05, 3.63) is 41.0 Å². The fourth-order valence-corrected chi connectivity index (χ4v) is 0.785. The second-order valence-corrected chi connectivity index (χ2v) is 2.27. The average Bonchev–Trinajstić information content (AvgIpc) is 2.45. The molecule has 0 spiro atoms. The minimum Gasteiger partial charge on any atom is -0.264 e. The van der Waals surface area contributed by atoms with Crippen LogP contribution in [-0.4, -0.2) is 4.98 Å². The number of hydrogen-bond donors (Lipinski definition) is 0. The maximum absolute atomic E-state index is 3.99. The predicted molar refractivity (Wildman–Crippen MR) is 82.3 cm³/mol. The largest absolute Gasteiger partial charge is 0.264 e. The summed E-state index contributed by atoms with van der Waals surface area (Å²) in [7, 11) is 0. The Morgan fingerprint density at radius 2 is 1.59 bits per heavy atom. The summed E-state index contributed by atoms with van der Waals surface area (Å²) >= 11 is 0. The van der Waals surface area contributed by atoms with Crippen molar-refractivity contribution in [2.45, 2.75) is 48.5 Å². The van der Waals surface area contributed by atoms with Gasteiger partial charge in [-0.2, -0.15) is 0 Å². The molecule has 0 saturated carbocycles. The van der Waals surface area contributed by atoms with Crippen molar-refractivity contribution in [1.29, 1.82) is 0 Å². The highest BCUT2D eigenvalue weighted by molar-refractivity contribution is 5.36. The van der Waals surface area contributed by atoms with Gasteiger partial charge in [-0.3, -0.25) is 4.98 Å². The molecule has 0 atom stereocenters. The van der Waals surface area contributed by atoms with Gasteiger partial charge in [-0.1, -0.05) is 66.3 Å². The Balaban J connectivity index is -0.000000285. The summed E-state index contributed by atoms with van der Waals surface area (Å²) in [6, 6.07) is 1.90. The maximum atomic E-state index is 3.99. The van der Waals surface area contributed by atoms with Crippen LogP contribution in [0.4, 0.5) is 0 Å². The molecule has 1 aromatic rings. The van der Waals surface area contributed by atoms with Crippen molar-refractivity contribution >= 4 is 12.7 Å². The molecule has 0 N–H and O–H groups in total. The van der Waals surface area contributed by atoms with Crippen LogP contribution in [0.1, 0.15) is 48.5 Å². The second-order valence-electron chi connectivity index (χ2n) is 2.27. The maximum Gasteiger partial charge on any atom is 0.0346 e. The first-order valence-corrected chi connectivity index (χ1v) is 6.56. The van der Waals surface area contributed by atoms with E-state index in [1.807, 2.05) is 79.0 Å². The normalized spacial score (nSPS) is 9.24. The molecule has 0 bridgehead atoms. The van der Waals surface area contributed by atoms with Gasteiger partial charge >= 0.3 is 0 Å². The molecule has 0 aromatic carbocycles. The Labute approximate surface area is 108 Å². The molecule has 1 rings (SSSR count). The van der Waals surface area contributed by atoms with Gasteiger partial charge in [0, 0.05) is 12.4 Å². The highest BCUT2D eigenvalue weighted by Gasteiger charge is 1.77. The van der Waals surface area contributed by atoms with Crippen LogP contribution >= 0.6 is 0 Å². The first-order chi connectivity index (χ1) is 8.34. The number of hydrogen-bond acceptors (Lipinski definition) is 1. The predicted octanol–water partition coefficient (Wildman–Crippen LogP) is 3.93. The van der Waals surface area contributed by atoms with Crippen LogP contribution < -0.4 is 10.4 Å². The van der Waals surface area contributed by atoms with Gasteiger partial charge in [0.1, 0.15) is 0 Å². The van der Waals surface area contributed by atoms with Crippen molar-refractivity contribution in [1.82, 2.24) is 4.98 Å². The first-order valence-electron chi connectivity index (χ1n) is 6.56. The van der Waals surface area contributed by atoms with Crippen LogP contribution in [0.15, 0.2) is 30.6 Å². The van der Waals surface area contributed by atoms with Crippen molar-refractivity contribution in [2.75, 3.05) is 0 Å². The molecule has 1 heteroatoms.